The minimum absolute atomic E-state index is 0. The first-order valence-corrected chi connectivity index (χ1v) is 4.64. The van der Waals surface area contributed by atoms with E-state index >= 15 is 0 Å². The van der Waals surface area contributed by atoms with Crippen molar-refractivity contribution in [2.45, 2.75) is 19.3 Å². The zero-order valence-electron chi connectivity index (χ0n) is 8.41. The van der Waals surface area contributed by atoms with Crippen LogP contribution in [0.4, 0.5) is 0 Å². The third-order valence-corrected chi connectivity index (χ3v) is 2.80. The highest BCUT2D eigenvalue weighted by Crippen LogP contribution is 2.32. The van der Waals surface area contributed by atoms with E-state index in [0.717, 1.165) is 13.1 Å². The van der Waals surface area contributed by atoms with Gasteiger partial charge in [0.15, 0.2) is 0 Å². The maximum atomic E-state index is 11.1. The first kappa shape index (κ1) is 13.7. The van der Waals surface area contributed by atoms with Crippen LogP contribution < -0.4 is 5.32 Å². The lowest BCUT2D eigenvalue weighted by Crippen LogP contribution is -2.42. The Hall–Kier alpha value is -0.320. The van der Waals surface area contributed by atoms with Gasteiger partial charge in [0.1, 0.15) is 0 Å². The van der Waals surface area contributed by atoms with Gasteiger partial charge in [-0.3, -0.25) is 4.79 Å². The van der Waals surface area contributed by atoms with Gasteiger partial charge in [-0.2, -0.15) is 0 Å². The molecule has 1 saturated heterocycles. The van der Waals surface area contributed by atoms with Crippen molar-refractivity contribution >= 4 is 18.4 Å². The van der Waals surface area contributed by atoms with Crippen LogP contribution in [0.5, 0.6) is 0 Å². The van der Waals surface area contributed by atoms with Gasteiger partial charge < -0.3 is 15.2 Å². The molecule has 1 fully saturated rings. The van der Waals surface area contributed by atoms with Crippen molar-refractivity contribution in [3.63, 3.8) is 0 Å². The van der Waals surface area contributed by atoms with E-state index in [1.54, 1.807) is 7.11 Å². The molecule has 0 spiro atoms. The second kappa shape index (κ2) is 6.22. The van der Waals surface area contributed by atoms with Crippen LogP contribution >= 0.6 is 12.4 Å². The molecule has 1 aliphatic rings. The lowest BCUT2D eigenvalue weighted by atomic mass is 9.76. The van der Waals surface area contributed by atoms with Gasteiger partial charge in [0.05, 0.1) is 5.41 Å². The van der Waals surface area contributed by atoms with E-state index in [4.69, 9.17) is 9.84 Å². The molecule has 0 atom stereocenters. The molecule has 0 aromatic carbocycles. The summed E-state index contributed by atoms with van der Waals surface area (Å²) in [7, 11) is 1.61. The predicted octanol–water partition coefficient (Wildman–Crippen LogP) is 0.899. The van der Waals surface area contributed by atoms with Gasteiger partial charge in [-0.25, -0.2) is 0 Å². The highest BCUT2D eigenvalue weighted by molar-refractivity contribution is 5.85. The fourth-order valence-electron chi connectivity index (χ4n) is 1.77. The van der Waals surface area contributed by atoms with Gasteiger partial charge in [0.25, 0.3) is 0 Å². The largest absolute Gasteiger partial charge is 0.481 e. The molecule has 0 unspecified atom stereocenters. The minimum Gasteiger partial charge on any atom is -0.481 e. The van der Waals surface area contributed by atoms with E-state index in [0.29, 0.717) is 25.9 Å². The lowest BCUT2D eigenvalue weighted by Gasteiger charge is -2.33. The summed E-state index contributed by atoms with van der Waals surface area (Å²) in [4.78, 5) is 11.1. The van der Waals surface area contributed by atoms with Crippen LogP contribution in [-0.2, 0) is 9.53 Å². The van der Waals surface area contributed by atoms with Crippen LogP contribution in [0.1, 0.15) is 19.3 Å². The van der Waals surface area contributed by atoms with Crippen molar-refractivity contribution in [3.05, 3.63) is 0 Å². The van der Waals surface area contributed by atoms with Crippen molar-refractivity contribution in [1.82, 2.24) is 5.32 Å². The number of carbonyl (C=O) groups is 1. The van der Waals surface area contributed by atoms with E-state index in [9.17, 15) is 4.79 Å². The second-order valence-electron chi connectivity index (χ2n) is 3.58. The van der Waals surface area contributed by atoms with Crippen molar-refractivity contribution in [1.29, 1.82) is 0 Å². The minimum atomic E-state index is -0.675. The predicted molar refractivity (Wildman–Crippen MR) is 55.9 cm³/mol. The van der Waals surface area contributed by atoms with Crippen LogP contribution in [0.3, 0.4) is 0 Å². The van der Waals surface area contributed by atoms with Gasteiger partial charge >= 0.3 is 5.97 Å². The fourth-order valence-corrected chi connectivity index (χ4v) is 1.77. The van der Waals surface area contributed by atoms with Crippen molar-refractivity contribution in [2.24, 2.45) is 5.41 Å². The summed E-state index contributed by atoms with van der Waals surface area (Å²) in [5, 5.41) is 12.3. The Morgan fingerprint density at radius 2 is 2.07 bits per heavy atom. The quantitative estimate of drug-likeness (QED) is 0.744. The zero-order valence-corrected chi connectivity index (χ0v) is 9.23. The fraction of sp³-hybridized carbons (Fsp3) is 0.889. The topological polar surface area (TPSA) is 58.6 Å². The summed E-state index contributed by atoms with van der Waals surface area (Å²) in [6.45, 7) is 2.14. The summed E-state index contributed by atoms with van der Waals surface area (Å²) >= 11 is 0. The van der Waals surface area contributed by atoms with Gasteiger partial charge in [0.2, 0.25) is 0 Å². The smallest absolute Gasteiger partial charge is 0.309 e. The lowest BCUT2D eigenvalue weighted by molar-refractivity contribution is -0.152. The number of hydrogen-bond acceptors (Lipinski definition) is 3. The summed E-state index contributed by atoms with van der Waals surface area (Å²) in [6.07, 6.45) is 2.05. The number of rotatable bonds is 4. The Morgan fingerprint density at radius 1 is 1.50 bits per heavy atom. The van der Waals surface area contributed by atoms with Gasteiger partial charge in [-0.05, 0) is 32.4 Å². The second-order valence-corrected chi connectivity index (χ2v) is 3.58. The zero-order chi connectivity index (χ0) is 9.73. The molecule has 1 heterocycles. The molecule has 0 radical (unpaired) electrons. The first-order chi connectivity index (χ1) is 6.21. The number of piperidine rings is 1. The molecule has 0 bridgehead atoms. The molecule has 0 amide bonds. The first-order valence-electron chi connectivity index (χ1n) is 4.64. The molecule has 5 heteroatoms. The molecule has 14 heavy (non-hydrogen) atoms. The Kier molecular flexibility index (Phi) is 6.08. The Bertz CT molecular complexity index is 181. The highest BCUT2D eigenvalue weighted by Gasteiger charge is 2.38. The summed E-state index contributed by atoms with van der Waals surface area (Å²) in [5.74, 6) is -0.675. The van der Waals surface area contributed by atoms with Gasteiger partial charge in [0, 0.05) is 13.7 Å². The molecular weight excluding hydrogens is 206 g/mol. The maximum Gasteiger partial charge on any atom is 0.309 e. The normalized spacial score (nSPS) is 19.8. The number of hydrogen-bond donors (Lipinski definition) is 2. The standard InChI is InChI=1S/C9H17NO3.ClH/c1-13-7-4-9(8(11)12)2-5-10-6-3-9;/h10H,2-7H2,1H3,(H,11,12);1H. The average Bonchev–Trinajstić information content (AvgIpc) is 2.16. The monoisotopic (exact) mass is 223 g/mol. The van der Waals surface area contributed by atoms with E-state index in [1.165, 1.54) is 0 Å². The third kappa shape index (κ3) is 3.12. The number of ether oxygens (including phenoxy) is 1. The molecule has 0 aromatic heterocycles. The highest BCUT2D eigenvalue weighted by atomic mass is 35.5. The number of carboxylic acids is 1. The SMILES string of the molecule is COCCC1(C(=O)O)CCNCC1.Cl. The Labute approximate surface area is 90.4 Å². The van der Waals surface area contributed by atoms with Crippen molar-refractivity contribution in [2.75, 3.05) is 26.8 Å². The van der Waals surface area contributed by atoms with E-state index in [2.05, 4.69) is 5.32 Å². The Morgan fingerprint density at radius 3 is 2.50 bits per heavy atom. The number of methoxy groups -OCH3 is 1. The summed E-state index contributed by atoms with van der Waals surface area (Å²) in [6, 6.07) is 0. The van der Waals surface area contributed by atoms with E-state index < -0.39 is 11.4 Å². The molecular formula is C9H18ClNO3. The van der Waals surface area contributed by atoms with E-state index in [1.807, 2.05) is 0 Å². The van der Waals surface area contributed by atoms with Crippen LogP contribution in [0.15, 0.2) is 0 Å². The molecule has 2 N–H and O–H groups in total. The molecule has 4 nitrogen and oxygen atoms in total. The van der Waals surface area contributed by atoms with Crippen LogP contribution in [0, 0.1) is 5.41 Å². The summed E-state index contributed by atoms with van der Waals surface area (Å²) in [5.41, 5.74) is -0.540. The van der Waals surface area contributed by atoms with E-state index in [-0.39, 0.29) is 12.4 Å². The van der Waals surface area contributed by atoms with Gasteiger partial charge in [-0.1, -0.05) is 0 Å². The average molecular weight is 224 g/mol. The summed E-state index contributed by atoms with van der Waals surface area (Å²) < 4.78 is 4.94. The molecule has 0 aromatic rings. The number of nitrogens with one attached hydrogen (secondary N) is 1. The number of aliphatic carboxylic acids is 1. The third-order valence-electron chi connectivity index (χ3n) is 2.80. The maximum absolute atomic E-state index is 11.1. The van der Waals surface area contributed by atoms with Gasteiger partial charge in [-0.15, -0.1) is 12.4 Å². The Balaban J connectivity index is 0.00000169. The number of carboxylic acid groups (broad SMARTS) is 1. The molecule has 84 valence electrons. The van der Waals surface area contributed by atoms with Crippen LogP contribution in [0.25, 0.3) is 0 Å². The molecule has 0 saturated carbocycles. The number of halogens is 1. The van der Waals surface area contributed by atoms with Crippen molar-refractivity contribution in [3.8, 4) is 0 Å². The van der Waals surface area contributed by atoms with Crippen LogP contribution in [-0.4, -0.2) is 37.9 Å². The molecule has 0 aliphatic carbocycles. The molecule has 1 aliphatic heterocycles. The van der Waals surface area contributed by atoms with Crippen LogP contribution in [0.2, 0.25) is 0 Å². The van der Waals surface area contributed by atoms with Crippen molar-refractivity contribution < 1.29 is 14.6 Å². The molecule has 1 rings (SSSR count).